The van der Waals surface area contributed by atoms with Gasteiger partial charge in [-0.05, 0) is 67.1 Å². The zero-order chi connectivity index (χ0) is 19.8. The first-order chi connectivity index (χ1) is 14.2. The molecular formula is C24H24N4O. The summed E-state index contributed by atoms with van der Waals surface area (Å²) in [4.78, 5) is 9.27. The second-order valence-corrected chi connectivity index (χ2v) is 7.49. The highest BCUT2D eigenvalue weighted by Crippen LogP contribution is 2.31. The van der Waals surface area contributed by atoms with Crippen molar-refractivity contribution in [2.75, 3.05) is 11.9 Å². The van der Waals surface area contributed by atoms with E-state index in [9.17, 15) is 0 Å². The third-order valence-corrected chi connectivity index (χ3v) is 5.53. The molecule has 2 aromatic carbocycles. The molecule has 2 aromatic heterocycles. The summed E-state index contributed by atoms with van der Waals surface area (Å²) in [6.07, 6.45) is 3.90. The molecule has 3 heterocycles. The molecule has 1 aliphatic heterocycles. The highest BCUT2D eigenvalue weighted by molar-refractivity contribution is 5.76. The van der Waals surface area contributed by atoms with Gasteiger partial charge in [0.25, 0.3) is 6.01 Å². The molecule has 0 spiro atoms. The molecule has 0 saturated heterocycles. The van der Waals surface area contributed by atoms with Crippen LogP contribution in [0.5, 0.6) is 6.01 Å². The number of ether oxygens (including phenoxy) is 1. The van der Waals surface area contributed by atoms with Gasteiger partial charge in [0, 0.05) is 17.6 Å². The molecule has 1 aliphatic rings. The number of rotatable bonds is 4. The Morgan fingerprint density at radius 2 is 1.86 bits per heavy atom. The number of pyridine rings is 1. The van der Waals surface area contributed by atoms with Crippen LogP contribution in [0.25, 0.3) is 11.2 Å². The number of aromatic nitrogens is 3. The van der Waals surface area contributed by atoms with E-state index >= 15 is 0 Å². The van der Waals surface area contributed by atoms with E-state index in [-0.39, 0.29) is 0 Å². The van der Waals surface area contributed by atoms with Gasteiger partial charge in [0.15, 0.2) is 5.65 Å². The molecule has 0 atom stereocenters. The molecule has 0 saturated carbocycles. The topological polar surface area (TPSA) is 52.0 Å². The zero-order valence-corrected chi connectivity index (χ0v) is 16.8. The van der Waals surface area contributed by atoms with Crippen LogP contribution in [0.15, 0.2) is 54.7 Å². The Balaban J connectivity index is 1.51. The first-order valence-electron chi connectivity index (χ1n) is 10.1. The maximum absolute atomic E-state index is 5.82. The van der Waals surface area contributed by atoms with Gasteiger partial charge < -0.3 is 10.1 Å². The Kier molecular flexibility index (Phi) is 4.43. The van der Waals surface area contributed by atoms with E-state index in [2.05, 4.69) is 64.3 Å². The van der Waals surface area contributed by atoms with Gasteiger partial charge in [-0.1, -0.05) is 30.3 Å². The Bertz CT molecular complexity index is 1190. The average molecular weight is 384 g/mol. The van der Waals surface area contributed by atoms with Crippen molar-refractivity contribution in [2.45, 2.75) is 33.2 Å². The molecule has 0 aliphatic carbocycles. The van der Waals surface area contributed by atoms with Gasteiger partial charge >= 0.3 is 0 Å². The summed E-state index contributed by atoms with van der Waals surface area (Å²) >= 11 is 0. The molecule has 146 valence electrons. The molecule has 0 amide bonds. The molecule has 5 rings (SSSR count). The zero-order valence-electron chi connectivity index (χ0n) is 16.8. The van der Waals surface area contributed by atoms with Gasteiger partial charge in [-0.25, -0.2) is 4.98 Å². The third-order valence-electron chi connectivity index (χ3n) is 5.53. The van der Waals surface area contributed by atoms with Crippen LogP contribution in [0.2, 0.25) is 0 Å². The Hall–Kier alpha value is -3.34. The number of aryl methyl sites for hydroxylation is 3. The smallest absolute Gasteiger partial charge is 0.298 e. The highest BCUT2D eigenvalue weighted by Gasteiger charge is 2.17. The van der Waals surface area contributed by atoms with E-state index < -0.39 is 0 Å². The highest BCUT2D eigenvalue weighted by atomic mass is 16.5. The van der Waals surface area contributed by atoms with E-state index in [1.165, 1.54) is 28.1 Å². The Labute approximate surface area is 170 Å². The number of benzene rings is 2. The van der Waals surface area contributed by atoms with Crippen molar-refractivity contribution in [1.29, 1.82) is 0 Å². The van der Waals surface area contributed by atoms with Gasteiger partial charge in [0.1, 0.15) is 5.52 Å². The van der Waals surface area contributed by atoms with Crippen LogP contribution in [0.4, 0.5) is 11.4 Å². The van der Waals surface area contributed by atoms with Gasteiger partial charge in [-0.15, -0.1) is 0 Å². The molecule has 0 unspecified atom stereocenters. The fourth-order valence-corrected chi connectivity index (χ4v) is 4.03. The van der Waals surface area contributed by atoms with Crippen LogP contribution in [0, 0.1) is 6.92 Å². The summed E-state index contributed by atoms with van der Waals surface area (Å²) in [6, 6.07) is 17.8. The van der Waals surface area contributed by atoms with Crippen molar-refractivity contribution in [3.63, 3.8) is 0 Å². The number of nitrogens with one attached hydrogen (secondary N) is 1. The summed E-state index contributed by atoms with van der Waals surface area (Å²) in [5.74, 6) is 0. The fourth-order valence-electron chi connectivity index (χ4n) is 4.03. The summed E-state index contributed by atoms with van der Waals surface area (Å²) in [7, 11) is 0. The molecule has 29 heavy (non-hydrogen) atoms. The summed E-state index contributed by atoms with van der Waals surface area (Å²) in [5, 5.41) is 3.60. The van der Waals surface area contributed by atoms with Crippen molar-refractivity contribution in [1.82, 2.24) is 14.5 Å². The molecule has 4 aromatic rings. The first kappa shape index (κ1) is 17.7. The van der Waals surface area contributed by atoms with Crippen LogP contribution in [-0.2, 0) is 19.4 Å². The molecule has 0 bridgehead atoms. The van der Waals surface area contributed by atoms with Crippen LogP contribution >= 0.6 is 0 Å². The average Bonchev–Trinajstić information content (AvgIpc) is 2.96. The van der Waals surface area contributed by atoms with Gasteiger partial charge in [-0.2, -0.15) is 4.98 Å². The lowest BCUT2D eigenvalue weighted by atomic mass is 10.0. The number of fused-ring (bicyclic) bond motifs is 3. The first-order valence-corrected chi connectivity index (χ1v) is 10.1. The maximum Gasteiger partial charge on any atom is 0.298 e. The van der Waals surface area contributed by atoms with Crippen molar-refractivity contribution in [2.24, 2.45) is 0 Å². The molecule has 0 fully saturated rings. The van der Waals surface area contributed by atoms with Crippen LogP contribution < -0.4 is 10.1 Å². The van der Waals surface area contributed by atoms with E-state index in [0.717, 1.165) is 29.6 Å². The number of hydrogen-bond donors (Lipinski definition) is 1. The second kappa shape index (κ2) is 7.24. The van der Waals surface area contributed by atoms with E-state index in [0.29, 0.717) is 19.2 Å². The van der Waals surface area contributed by atoms with Crippen LogP contribution in [-0.4, -0.2) is 21.1 Å². The minimum atomic E-state index is 0.578. The van der Waals surface area contributed by atoms with Crippen molar-refractivity contribution >= 4 is 22.5 Å². The Morgan fingerprint density at radius 1 is 1.03 bits per heavy atom. The lowest BCUT2D eigenvalue weighted by molar-refractivity contribution is 0.301. The number of anilines is 2. The largest absolute Gasteiger partial charge is 0.465 e. The number of hydrogen-bond acceptors (Lipinski definition) is 4. The molecule has 1 N–H and O–H groups in total. The fraction of sp³-hybridized carbons (Fsp3) is 0.250. The maximum atomic E-state index is 5.82. The van der Waals surface area contributed by atoms with E-state index in [1.807, 2.05) is 19.2 Å². The van der Waals surface area contributed by atoms with Crippen LogP contribution in [0.1, 0.15) is 29.2 Å². The van der Waals surface area contributed by atoms with Crippen molar-refractivity contribution in [3.05, 3.63) is 77.0 Å². The number of nitrogens with zero attached hydrogens (tertiary/aromatic N) is 3. The standard InChI is InChI=1S/C24H24N4O/c1-3-29-24-27-22-16(2)12-13-25-23(22)28(24)15-17-8-11-21-19(14-17)10-9-18-6-4-5-7-20(18)26-21/h4-8,11-14,26H,3,9-10,15H2,1-2H3. The number of para-hydroxylation sites is 1. The predicted molar refractivity (Wildman–Crippen MR) is 116 cm³/mol. The van der Waals surface area contributed by atoms with Crippen LogP contribution in [0.3, 0.4) is 0 Å². The van der Waals surface area contributed by atoms with Gasteiger partial charge in [0.2, 0.25) is 0 Å². The van der Waals surface area contributed by atoms with Crippen molar-refractivity contribution in [3.8, 4) is 6.01 Å². The third kappa shape index (κ3) is 3.23. The monoisotopic (exact) mass is 384 g/mol. The normalized spacial score (nSPS) is 12.8. The lowest BCUT2D eigenvalue weighted by Crippen LogP contribution is -2.06. The molecule has 0 radical (unpaired) electrons. The minimum absolute atomic E-state index is 0.578. The van der Waals surface area contributed by atoms with Gasteiger partial charge in [-0.3, -0.25) is 4.57 Å². The predicted octanol–water partition coefficient (Wildman–Crippen LogP) is 5.03. The Morgan fingerprint density at radius 3 is 2.76 bits per heavy atom. The minimum Gasteiger partial charge on any atom is -0.465 e. The second-order valence-electron chi connectivity index (χ2n) is 7.49. The van der Waals surface area contributed by atoms with E-state index in [1.54, 1.807) is 0 Å². The summed E-state index contributed by atoms with van der Waals surface area (Å²) < 4.78 is 7.90. The lowest BCUT2D eigenvalue weighted by Gasteiger charge is -2.13. The molecular weight excluding hydrogens is 360 g/mol. The summed E-state index contributed by atoms with van der Waals surface area (Å²) in [6.45, 7) is 5.30. The SMILES string of the molecule is CCOc1nc2c(C)ccnc2n1Cc1ccc2c(c1)CCc1ccccc1N2. The van der Waals surface area contributed by atoms with Gasteiger partial charge in [0.05, 0.1) is 13.2 Å². The van der Waals surface area contributed by atoms with E-state index in [4.69, 9.17) is 9.72 Å². The quantitative estimate of drug-likeness (QED) is 0.536. The number of imidazole rings is 1. The molecule has 5 nitrogen and oxygen atoms in total. The summed E-state index contributed by atoms with van der Waals surface area (Å²) in [5.41, 5.74) is 9.20. The molecule has 5 heteroatoms. The van der Waals surface area contributed by atoms with Crippen molar-refractivity contribution < 1.29 is 4.74 Å².